The summed E-state index contributed by atoms with van der Waals surface area (Å²) in [5.41, 5.74) is 11.8. The van der Waals surface area contributed by atoms with Crippen molar-refractivity contribution in [3.63, 3.8) is 0 Å². The van der Waals surface area contributed by atoms with Crippen LogP contribution in [0.2, 0.25) is 0 Å². The summed E-state index contributed by atoms with van der Waals surface area (Å²) in [7, 11) is 0. The molecule has 0 aliphatic rings. The lowest BCUT2D eigenvalue weighted by Gasteiger charge is -2.24. The average Bonchev–Trinajstić information content (AvgIpc) is 3.54. The summed E-state index contributed by atoms with van der Waals surface area (Å²) in [6.07, 6.45) is 0. The van der Waals surface area contributed by atoms with Gasteiger partial charge in [0.25, 0.3) is 0 Å². The molecule has 0 aliphatic heterocycles. The van der Waals surface area contributed by atoms with E-state index in [0.29, 0.717) is 17.5 Å². The van der Waals surface area contributed by atoms with Crippen molar-refractivity contribution in [2.75, 3.05) is 0 Å². The number of nitrogens with zero attached hydrogens (tertiary/aromatic N) is 3. The Morgan fingerprint density at radius 1 is 0.634 bits per heavy atom. The monoisotopic (exact) mass is 535 g/mol. The van der Waals surface area contributed by atoms with E-state index in [4.69, 9.17) is 9.40 Å². The van der Waals surface area contributed by atoms with Gasteiger partial charge in [0.15, 0.2) is 0 Å². The Hall–Kier alpha value is -4.70. The molecule has 7 aromatic rings. The van der Waals surface area contributed by atoms with Crippen molar-refractivity contribution >= 4 is 33.1 Å². The molecule has 0 saturated heterocycles. The average molecular weight is 536 g/mol. The Morgan fingerprint density at radius 2 is 1.32 bits per heavy atom. The number of para-hydroxylation sites is 2. The van der Waals surface area contributed by atoms with Gasteiger partial charge in [0, 0.05) is 22.0 Å². The molecule has 4 aromatic carbocycles. The molecule has 0 radical (unpaired) electrons. The number of aryl methyl sites for hydroxylation is 1. The molecule has 0 saturated carbocycles. The molecule has 0 atom stereocenters. The Morgan fingerprint density at radius 3 is 2.05 bits per heavy atom. The van der Waals surface area contributed by atoms with Gasteiger partial charge >= 0.3 is 0 Å². The first-order chi connectivity index (χ1) is 19.9. The predicted octanol–water partition coefficient (Wildman–Crippen LogP) is 10.2. The lowest BCUT2D eigenvalue weighted by Crippen LogP contribution is -2.09. The van der Waals surface area contributed by atoms with Gasteiger partial charge in [0.05, 0.1) is 16.7 Å². The van der Waals surface area contributed by atoms with Crippen molar-refractivity contribution in [3.05, 3.63) is 114 Å². The van der Waals surface area contributed by atoms with Gasteiger partial charge in [-0.05, 0) is 89.5 Å². The Bertz CT molecular complexity index is 2030. The third kappa shape index (κ3) is 4.22. The van der Waals surface area contributed by atoms with Gasteiger partial charge in [-0.25, -0.2) is 9.97 Å². The lowest BCUT2D eigenvalue weighted by atomic mass is 9.88. The first-order valence-electron chi connectivity index (χ1n) is 14.4. The van der Waals surface area contributed by atoms with E-state index in [1.807, 2.05) is 13.0 Å². The van der Waals surface area contributed by atoms with Crippen molar-refractivity contribution in [2.45, 2.75) is 46.5 Å². The van der Waals surface area contributed by atoms with Gasteiger partial charge in [-0.15, -0.1) is 0 Å². The molecule has 0 aliphatic carbocycles. The molecule has 4 heteroatoms. The summed E-state index contributed by atoms with van der Waals surface area (Å²) in [4.78, 5) is 9.84. The number of hydrogen-bond donors (Lipinski definition) is 0. The zero-order valence-corrected chi connectivity index (χ0v) is 24.1. The number of pyridine rings is 1. The molecule has 0 bridgehead atoms. The lowest BCUT2D eigenvalue weighted by molar-refractivity contribution is 0.652. The van der Waals surface area contributed by atoms with Crippen molar-refractivity contribution in [1.29, 1.82) is 0 Å². The largest absolute Gasteiger partial charge is 0.438 e. The first kappa shape index (κ1) is 25.3. The molecule has 4 nitrogen and oxygen atoms in total. The summed E-state index contributed by atoms with van der Waals surface area (Å²) in [6, 6.07) is 34.4. The van der Waals surface area contributed by atoms with Crippen molar-refractivity contribution in [1.82, 2.24) is 14.5 Å². The summed E-state index contributed by atoms with van der Waals surface area (Å²) >= 11 is 0. The van der Waals surface area contributed by atoms with E-state index in [1.165, 1.54) is 27.9 Å². The minimum atomic E-state index is 0.312. The molecule has 0 N–H and O–H groups in total. The number of hydrogen-bond acceptors (Lipinski definition) is 3. The molecule has 3 heterocycles. The highest BCUT2D eigenvalue weighted by Crippen LogP contribution is 2.41. The van der Waals surface area contributed by atoms with Crippen molar-refractivity contribution in [3.8, 4) is 28.2 Å². The van der Waals surface area contributed by atoms with Crippen LogP contribution in [0.1, 0.15) is 56.4 Å². The Labute approximate surface area is 240 Å². The molecule has 0 fully saturated rings. The topological polar surface area (TPSA) is 43.9 Å². The standard InChI is InChI=1S/C37H33N3O/c1-22(2)30-19-27(25-11-7-6-8-12-25)20-31(23(3)4)35(30)40-33-14-10-9-13-32(33)39-36(40)26-16-18-28-29-17-15-24(5)38-37(29)41-34(28)21-26/h6-23H,1-5H3. The van der Waals surface area contributed by atoms with E-state index in [2.05, 4.69) is 128 Å². The van der Waals surface area contributed by atoms with Crippen LogP contribution in [0.4, 0.5) is 0 Å². The normalized spacial score (nSPS) is 12.0. The molecule has 0 amide bonds. The van der Waals surface area contributed by atoms with E-state index >= 15 is 0 Å². The van der Waals surface area contributed by atoms with E-state index in [1.54, 1.807) is 0 Å². The highest BCUT2D eigenvalue weighted by molar-refractivity contribution is 6.04. The van der Waals surface area contributed by atoms with E-state index in [-0.39, 0.29) is 0 Å². The molecule has 0 unspecified atom stereocenters. The van der Waals surface area contributed by atoms with Crippen LogP contribution in [0.15, 0.2) is 101 Å². The smallest absolute Gasteiger partial charge is 0.227 e. The third-order valence-corrected chi connectivity index (χ3v) is 8.04. The Balaban J connectivity index is 1.53. The number of imidazole rings is 1. The van der Waals surface area contributed by atoms with Crippen LogP contribution in [-0.2, 0) is 0 Å². The van der Waals surface area contributed by atoms with Crippen molar-refractivity contribution in [2.24, 2.45) is 0 Å². The summed E-state index contributed by atoms with van der Waals surface area (Å²) in [6.45, 7) is 11.1. The second-order valence-corrected chi connectivity index (χ2v) is 11.6. The highest BCUT2D eigenvalue weighted by Gasteiger charge is 2.24. The molecule has 7 rings (SSSR count). The number of aromatic nitrogens is 3. The first-order valence-corrected chi connectivity index (χ1v) is 14.4. The van der Waals surface area contributed by atoms with Gasteiger partial charge in [-0.1, -0.05) is 76.2 Å². The quantitative estimate of drug-likeness (QED) is 0.220. The minimum absolute atomic E-state index is 0.312. The summed E-state index contributed by atoms with van der Waals surface area (Å²) in [5, 5.41) is 2.10. The van der Waals surface area contributed by atoms with E-state index < -0.39 is 0 Å². The van der Waals surface area contributed by atoms with Gasteiger partial charge in [0.2, 0.25) is 5.71 Å². The number of furan rings is 1. The SMILES string of the molecule is Cc1ccc2c(n1)oc1cc(-c3nc4ccccc4n3-c3c(C(C)C)cc(-c4ccccc4)cc3C(C)C)ccc12. The van der Waals surface area contributed by atoms with Gasteiger partial charge < -0.3 is 4.42 Å². The molecular formula is C37H33N3O. The zero-order valence-electron chi connectivity index (χ0n) is 24.1. The van der Waals surface area contributed by atoms with Crippen LogP contribution in [-0.4, -0.2) is 14.5 Å². The molecular weight excluding hydrogens is 502 g/mol. The fourth-order valence-corrected chi connectivity index (χ4v) is 5.95. The Kier molecular flexibility index (Phi) is 6.01. The van der Waals surface area contributed by atoms with Crippen LogP contribution in [0, 0.1) is 6.92 Å². The van der Waals surface area contributed by atoms with Gasteiger partial charge in [-0.2, -0.15) is 0 Å². The van der Waals surface area contributed by atoms with Crippen molar-refractivity contribution < 1.29 is 4.42 Å². The van der Waals surface area contributed by atoms with E-state index in [9.17, 15) is 0 Å². The number of rotatable bonds is 5. The third-order valence-electron chi connectivity index (χ3n) is 8.04. The predicted molar refractivity (Wildman–Crippen MR) is 170 cm³/mol. The number of benzene rings is 4. The zero-order chi connectivity index (χ0) is 28.2. The second-order valence-electron chi connectivity index (χ2n) is 11.6. The molecule has 3 aromatic heterocycles. The summed E-state index contributed by atoms with van der Waals surface area (Å²) < 4.78 is 8.63. The maximum Gasteiger partial charge on any atom is 0.227 e. The minimum Gasteiger partial charge on any atom is -0.438 e. The fraction of sp³-hybridized carbons (Fsp3) is 0.189. The molecule has 41 heavy (non-hydrogen) atoms. The maximum atomic E-state index is 6.26. The van der Waals surface area contributed by atoms with Crippen LogP contribution in [0.25, 0.3) is 61.3 Å². The summed E-state index contributed by atoms with van der Waals surface area (Å²) in [5.74, 6) is 1.54. The second kappa shape index (κ2) is 9.74. The fourth-order valence-electron chi connectivity index (χ4n) is 5.95. The highest BCUT2D eigenvalue weighted by atomic mass is 16.3. The van der Waals surface area contributed by atoms with Gasteiger partial charge in [0.1, 0.15) is 11.4 Å². The van der Waals surface area contributed by atoms with Crippen LogP contribution >= 0.6 is 0 Å². The molecule has 0 spiro atoms. The van der Waals surface area contributed by atoms with Crippen LogP contribution < -0.4 is 0 Å². The van der Waals surface area contributed by atoms with Crippen LogP contribution in [0.3, 0.4) is 0 Å². The van der Waals surface area contributed by atoms with Crippen LogP contribution in [0.5, 0.6) is 0 Å². The molecule has 202 valence electrons. The van der Waals surface area contributed by atoms with Gasteiger partial charge in [-0.3, -0.25) is 4.57 Å². The maximum absolute atomic E-state index is 6.26. The number of fused-ring (bicyclic) bond motifs is 4. The van der Waals surface area contributed by atoms with E-state index in [0.717, 1.165) is 44.5 Å².